The number of nitrogens with one attached hydrogen (secondary N) is 2. The molecule has 5 heteroatoms. The number of benzene rings is 2. The maximum atomic E-state index is 13.0. The van der Waals surface area contributed by atoms with Crippen LogP contribution in [0, 0.1) is 5.82 Å². The maximum absolute atomic E-state index is 13.0. The Morgan fingerprint density at radius 3 is 2.50 bits per heavy atom. The van der Waals surface area contributed by atoms with Gasteiger partial charge in [0.15, 0.2) is 0 Å². The van der Waals surface area contributed by atoms with Crippen LogP contribution in [0.25, 0.3) is 0 Å². The van der Waals surface area contributed by atoms with Crippen molar-refractivity contribution in [3.63, 3.8) is 0 Å². The first-order valence-corrected chi connectivity index (χ1v) is 6.51. The van der Waals surface area contributed by atoms with Crippen molar-refractivity contribution < 1.29 is 9.18 Å². The van der Waals surface area contributed by atoms with E-state index in [-0.39, 0.29) is 10.9 Å². The van der Waals surface area contributed by atoms with Crippen molar-refractivity contribution in [1.82, 2.24) is 0 Å². The predicted octanol–water partition coefficient (Wildman–Crippen LogP) is 3.92. The zero-order chi connectivity index (χ0) is 14.5. The molecule has 2 aromatic rings. The van der Waals surface area contributed by atoms with Crippen LogP contribution >= 0.6 is 11.6 Å². The number of carbonyl (C=O) groups excluding carboxylic acids is 1. The lowest BCUT2D eigenvalue weighted by molar-refractivity contribution is -0.116. The fourth-order valence-corrected chi connectivity index (χ4v) is 1.85. The van der Waals surface area contributed by atoms with E-state index in [1.54, 1.807) is 19.1 Å². The second kappa shape index (κ2) is 6.39. The molecule has 20 heavy (non-hydrogen) atoms. The number of hydrogen-bond donors (Lipinski definition) is 2. The molecule has 2 aromatic carbocycles. The van der Waals surface area contributed by atoms with Gasteiger partial charge in [-0.15, -0.1) is 0 Å². The fraction of sp³-hybridized carbons (Fsp3) is 0.133. The molecular weight excluding hydrogens is 279 g/mol. The Bertz CT molecular complexity index is 604. The van der Waals surface area contributed by atoms with Gasteiger partial charge in [0.25, 0.3) is 0 Å². The Morgan fingerprint density at radius 2 is 1.85 bits per heavy atom. The molecule has 0 saturated heterocycles. The first-order chi connectivity index (χ1) is 9.56. The van der Waals surface area contributed by atoms with Gasteiger partial charge in [-0.2, -0.15) is 0 Å². The van der Waals surface area contributed by atoms with Crippen molar-refractivity contribution in [3.8, 4) is 0 Å². The van der Waals surface area contributed by atoms with E-state index in [2.05, 4.69) is 10.6 Å². The van der Waals surface area contributed by atoms with Gasteiger partial charge in [-0.05, 0) is 37.3 Å². The molecule has 0 radical (unpaired) electrons. The van der Waals surface area contributed by atoms with Crippen molar-refractivity contribution in [2.75, 3.05) is 10.6 Å². The number of amides is 1. The minimum Gasteiger partial charge on any atom is -0.374 e. The van der Waals surface area contributed by atoms with E-state index in [0.29, 0.717) is 5.69 Å². The molecule has 0 aliphatic heterocycles. The molecular formula is C15H14ClFN2O. The zero-order valence-corrected chi connectivity index (χ0v) is 11.6. The summed E-state index contributed by atoms with van der Waals surface area (Å²) in [5, 5.41) is 5.77. The highest BCUT2D eigenvalue weighted by Gasteiger charge is 2.13. The van der Waals surface area contributed by atoms with Crippen LogP contribution in [-0.2, 0) is 4.79 Å². The van der Waals surface area contributed by atoms with Gasteiger partial charge in [0.2, 0.25) is 5.91 Å². The average molecular weight is 293 g/mol. The fourth-order valence-electron chi connectivity index (χ4n) is 1.67. The van der Waals surface area contributed by atoms with Gasteiger partial charge < -0.3 is 10.6 Å². The standard InChI is InChI=1S/C15H14ClFN2O/c1-10(15(20)19-11-5-3-2-4-6-11)18-12-7-8-14(17)13(16)9-12/h2-10,18H,1H3,(H,19,20)/t10-/m0/s1. The number of hydrogen-bond acceptors (Lipinski definition) is 2. The number of para-hydroxylation sites is 1. The van der Waals surface area contributed by atoms with Crippen LogP contribution in [0.5, 0.6) is 0 Å². The summed E-state index contributed by atoms with van der Waals surface area (Å²) in [5.41, 5.74) is 1.32. The largest absolute Gasteiger partial charge is 0.374 e. The zero-order valence-electron chi connectivity index (χ0n) is 10.9. The summed E-state index contributed by atoms with van der Waals surface area (Å²) in [5.74, 6) is -0.671. The lowest BCUT2D eigenvalue weighted by Gasteiger charge is -2.15. The monoisotopic (exact) mass is 292 g/mol. The molecule has 0 aromatic heterocycles. The summed E-state index contributed by atoms with van der Waals surface area (Å²) >= 11 is 5.69. The first kappa shape index (κ1) is 14.3. The van der Waals surface area contributed by atoms with Gasteiger partial charge in [-0.3, -0.25) is 4.79 Å². The topological polar surface area (TPSA) is 41.1 Å². The summed E-state index contributed by atoms with van der Waals surface area (Å²) in [6.07, 6.45) is 0. The highest BCUT2D eigenvalue weighted by Crippen LogP contribution is 2.20. The van der Waals surface area contributed by atoms with E-state index < -0.39 is 11.9 Å². The first-order valence-electron chi connectivity index (χ1n) is 6.14. The van der Waals surface area contributed by atoms with E-state index in [1.807, 2.05) is 18.2 Å². The van der Waals surface area contributed by atoms with Crippen LogP contribution in [0.1, 0.15) is 6.92 Å². The number of carbonyl (C=O) groups is 1. The Balaban J connectivity index is 1.98. The molecule has 2 rings (SSSR count). The van der Waals surface area contributed by atoms with E-state index in [0.717, 1.165) is 5.69 Å². The van der Waals surface area contributed by atoms with Gasteiger partial charge in [0.05, 0.1) is 5.02 Å². The summed E-state index contributed by atoms with van der Waals surface area (Å²) in [6, 6.07) is 12.9. The summed E-state index contributed by atoms with van der Waals surface area (Å²) in [4.78, 5) is 12.0. The van der Waals surface area contributed by atoms with Crippen molar-refractivity contribution >= 4 is 28.9 Å². The second-order valence-electron chi connectivity index (χ2n) is 4.35. The third kappa shape index (κ3) is 3.71. The smallest absolute Gasteiger partial charge is 0.246 e. The molecule has 1 amide bonds. The van der Waals surface area contributed by atoms with Crippen LogP contribution in [0.4, 0.5) is 15.8 Å². The Kier molecular flexibility index (Phi) is 4.58. The molecule has 0 bridgehead atoms. The molecule has 0 saturated carbocycles. The molecule has 2 N–H and O–H groups in total. The predicted molar refractivity (Wildman–Crippen MR) is 79.6 cm³/mol. The summed E-state index contributed by atoms with van der Waals surface area (Å²) < 4.78 is 13.0. The van der Waals surface area contributed by atoms with Crippen LogP contribution in [-0.4, -0.2) is 11.9 Å². The maximum Gasteiger partial charge on any atom is 0.246 e. The average Bonchev–Trinajstić information content (AvgIpc) is 2.44. The minimum atomic E-state index is -0.487. The lowest BCUT2D eigenvalue weighted by Crippen LogP contribution is -2.31. The number of anilines is 2. The third-order valence-electron chi connectivity index (χ3n) is 2.74. The molecule has 1 atom stereocenters. The molecule has 0 aliphatic rings. The van der Waals surface area contributed by atoms with Gasteiger partial charge in [-0.25, -0.2) is 4.39 Å². The highest BCUT2D eigenvalue weighted by molar-refractivity contribution is 6.31. The molecule has 104 valence electrons. The highest BCUT2D eigenvalue weighted by atomic mass is 35.5. The van der Waals surface area contributed by atoms with Gasteiger partial charge >= 0.3 is 0 Å². The normalized spacial score (nSPS) is 11.8. The van der Waals surface area contributed by atoms with Crippen molar-refractivity contribution in [2.24, 2.45) is 0 Å². The van der Waals surface area contributed by atoms with Gasteiger partial charge in [0.1, 0.15) is 11.9 Å². The second-order valence-corrected chi connectivity index (χ2v) is 4.76. The summed E-state index contributed by atoms with van der Waals surface area (Å²) in [7, 11) is 0. The van der Waals surface area contributed by atoms with Gasteiger partial charge in [-0.1, -0.05) is 29.8 Å². The van der Waals surface area contributed by atoms with E-state index in [4.69, 9.17) is 11.6 Å². The Morgan fingerprint density at radius 1 is 1.15 bits per heavy atom. The third-order valence-corrected chi connectivity index (χ3v) is 3.03. The minimum absolute atomic E-state index is 0.0191. The number of rotatable bonds is 4. The molecule has 0 unspecified atom stereocenters. The lowest BCUT2D eigenvalue weighted by atomic mass is 10.2. The van der Waals surface area contributed by atoms with Crippen LogP contribution in [0.15, 0.2) is 48.5 Å². The van der Waals surface area contributed by atoms with Crippen LogP contribution < -0.4 is 10.6 Å². The number of halogens is 2. The van der Waals surface area contributed by atoms with Crippen molar-refractivity contribution in [2.45, 2.75) is 13.0 Å². The molecule has 0 heterocycles. The Labute approximate surface area is 121 Å². The molecule has 0 aliphatic carbocycles. The molecule has 0 fully saturated rings. The molecule has 0 spiro atoms. The van der Waals surface area contributed by atoms with E-state index in [9.17, 15) is 9.18 Å². The van der Waals surface area contributed by atoms with E-state index >= 15 is 0 Å². The van der Waals surface area contributed by atoms with Crippen LogP contribution in [0.3, 0.4) is 0 Å². The SMILES string of the molecule is C[C@H](Nc1ccc(F)c(Cl)c1)C(=O)Nc1ccccc1. The van der Waals surface area contributed by atoms with Crippen molar-refractivity contribution in [3.05, 3.63) is 59.4 Å². The van der Waals surface area contributed by atoms with E-state index in [1.165, 1.54) is 18.2 Å². The van der Waals surface area contributed by atoms with Crippen molar-refractivity contribution in [1.29, 1.82) is 0 Å². The molecule has 3 nitrogen and oxygen atoms in total. The van der Waals surface area contributed by atoms with Crippen LogP contribution in [0.2, 0.25) is 5.02 Å². The van der Waals surface area contributed by atoms with Gasteiger partial charge in [0, 0.05) is 11.4 Å². The summed E-state index contributed by atoms with van der Waals surface area (Å²) in [6.45, 7) is 1.72. The Hall–Kier alpha value is -2.07. The quantitative estimate of drug-likeness (QED) is 0.897.